The molecule has 1 saturated carbocycles. The fourth-order valence-electron chi connectivity index (χ4n) is 4.88. The van der Waals surface area contributed by atoms with E-state index < -0.39 is 0 Å². The summed E-state index contributed by atoms with van der Waals surface area (Å²) < 4.78 is 11.2. The summed E-state index contributed by atoms with van der Waals surface area (Å²) >= 11 is 0. The van der Waals surface area contributed by atoms with Gasteiger partial charge in [-0.05, 0) is 61.6 Å². The van der Waals surface area contributed by atoms with Gasteiger partial charge in [-0.1, -0.05) is 91.5 Å². The third-order valence-corrected chi connectivity index (χ3v) is 7.24. The molecule has 0 aliphatic heterocycles. The van der Waals surface area contributed by atoms with Crippen LogP contribution in [0.2, 0.25) is 0 Å². The van der Waals surface area contributed by atoms with Crippen molar-refractivity contribution >= 4 is 11.9 Å². The van der Waals surface area contributed by atoms with Crippen LogP contribution in [0.4, 0.5) is 0 Å². The van der Waals surface area contributed by atoms with Crippen LogP contribution < -0.4 is 0 Å². The molecule has 1 aromatic rings. The van der Waals surface area contributed by atoms with E-state index in [2.05, 4.69) is 27.7 Å². The van der Waals surface area contributed by atoms with Crippen molar-refractivity contribution < 1.29 is 19.1 Å². The van der Waals surface area contributed by atoms with Crippen LogP contribution in [0.3, 0.4) is 0 Å². The highest BCUT2D eigenvalue weighted by Crippen LogP contribution is 2.38. The zero-order valence-corrected chi connectivity index (χ0v) is 22.2. The van der Waals surface area contributed by atoms with Crippen LogP contribution in [-0.4, -0.2) is 24.6 Å². The van der Waals surface area contributed by atoms with Gasteiger partial charge < -0.3 is 9.47 Å². The van der Waals surface area contributed by atoms with Crippen LogP contribution in [0.1, 0.15) is 138 Å². The first kappa shape index (κ1) is 28.4. The van der Waals surface area contributed by atoms with Gasteiger partial charge in [-0.3, -0.25) is 0 Å². The number of unbranched alkanes of at least 4 members (excludes halogenated alkanes) is 9. The van der Waals surface area contributed by atoms with Crippen molar-refractivity contribution in [2.45, 2.75) is 124 Å². The Hall–Kier alpha value is -1.84. The summed E-state index contributed by atoms with van der Waals surface area (Å²) in [6.45, 7) is 9.53. The highest BCUT2D eigenvalue weighted by molar-refractivity contribution is 5.95. The van der Waals surface area contributed by atoms with Gasteiger partial charge in [0, 0.05) is 0 Å². The van der Waals surface area contributed by atoms with Crippen molar-refractivity contribution in [3.8, 4) is 0 Å². The normalized spacial score (nSPS) is 18.5. The molecule has 0 spiro atoms. The Morgan fingerprint density at radius 3 is 1.88 bits per heavy atom. The van der Waals surface area contributed by atoms with Gasteiger partial charge in [-0.2, -0.15) is 0 Å². The third-order valence-electron chi connectivity index (χ3n) is 7.24. The maximum Gasteiger partial charge on any atom is 0.338 e. The molecule has 1 fully saturated rings. The predicted octanol–water partition coefficient (Wildman–Crippen LogP) is 8.53. The molecule has 0 atom stereocenters. The SMILES string of the molecule is CCCCCCCCCCCCOC(=O)c1cccc(C(=O)OC2CCC(C(C)(C)C)CC2)c1. The fraction of sp³-hybridized carbons (Fsp3) is 0.733. The highest BCUT2D eigenvalue weighted by Gasteiger charge is 2.31. The van der Waals surface area contributed by atoms with Crippen LogP contribution in [0.25, 0.3) is 0 Å². The summed E-state index contributed by atoms with van der Waals surface area (Å²) in [7, 11) is 0. The Morgan fingerprint density at radius 2 is 1.32 bits per heavy atom. The molecule has 0 unspecified atom stereocenters. The van der Waals surface area contributed by atoms with Gasteiger partial charge in [0.25, 0.3) is 0 Å². The lowest BCUT2D eigenvalue weighted by Crippen LogP contribution is -2.30. The van der Waals surface area contributed by atoms with Gasteiger partial charge in [0.1, 0.15) is 6.10 Å². The highest BCUT2D eigenvalue weighted by atomic mass is 16.5. The number of ether oxygens (including phenoxy) is 2. The van der Waals surface area contributed by atoms with E-state index in [-0.39, 0.29) is 18.0 Å². The first-order valence-electron chi connectivity index (χ1n) is 13.8. The zero-order chi connectivity index (χ0) is 24.8. The summed E-state index contributed by atoms with van der Waals surface area (Å²) in [4.78, 5) is 25.1. The molecule has 0 N–H and O–H groups in total. The first-order valence-corrected chi connectivity index (χ1v) is 13.8. The van der Waals surface area contributed by atoms with E-state index in [0.29, 0.717) is 29.1 Å². The lowest BCUT2D eigenvalue weighted by molar-refractivity contribution is 0.00929. The third kappa shape index (κ3) is 10.6. The van der Waals surface area contributed by atoms with E-state index in [4.69, 9.17) is 9.47 Å². The summed E-state index contributed by atoms with van der Waals surface area (Å²) in [6, 6.07) is 6.74. The standard InChI is InChI=1S/C30H48O4/c1-5-6-7-8-9-10-11-12-13-14-22-33-28(31)24-16-15-17-25(23-24)29(32)34-27-20-18-26(19-21-27)30(2,3)4/h15-17,23,26-27H,5-14,18-22H2,1-4H3. The van der Waals surface area contributed by atoms with E-state index in [9.17, 15) is 9.59 Å². The molecule has 0 saturated heterocycles. The molecule has 1 aliphatic rings. The van der Waals surface area contributed by atoms with Crippen molar-refractivity contribution in [1.82, 2.24) is 0 Å². The van der Waals surface area contributed by atoms with Crippen LogP contribution in [0.15, 0.2) is 24.3 Å². The molecule has 34 heavy (non-hydrogen) atoms. The molecule has 1 aromatic carbocycles. The Kier molecular flexibility index (Phi) is 12.7. The van der Waals surface area contributed by atoms with Crippen LogP contribution in [0, 0.1) is 11.3 Å². The average molecular weight is 473 g/mol. The number of hydrogen-bond acceptors (Lipinski definition) is 4. The minimum Gasteiger partial charge on any atom is -0.462 e. The molecule has 4 heteroatoms. The lowest BCUT2D eigenvalue weighted by atomic mass is 9.72. The first-order chi connectivity index (χ1) is 16.3. The second-order valence-electron chi connectivity index (χ2n) is 11.1. The molecule has 0 aromatic heterocycles. The van der Waals surface area contributed by atoms with E-state index in [1.54, 1.807) is 24.3 Å². The van der Waals surface area contributed by atoms with Crippen molar-refractivity contribution in [3.63, 3.8) is 0 Å². The minimum atomic E-state index is -0.365. The van der Waals surface area contributed by atoms with Crippen molar-refractivity contribution in [2.75, 3.05) is 6.61 Å². The van der Waals surface area contributed by atoms with Crippen molar-refractivity contribution in [2.24, 2.45) is 11.3 Å². The second-order valence-corrected chi connectivity index (χ2v) is 11.1. The summed E-state index contributed by atoms with van der Waals surface area (Å²) in [5.41, 5.74) is 1.14. The molecule has 4 nitrogen and oxygen atoms in total. The van der Waals surface area contributed by atoms with Crippen LogP contribution in [-0.2, 0) is 9.47 Å². The number of rotatable bonds is 14. The van der Waals surface area contributed by atoms with Crippen molar-refractivity contribution in [1.29, 1.82) is 0 Å². The molecular formula is C30H48O4. The molecule has 192 valence electrons. The van der Waals surface area contributed by atoms with Gasteiger partial charge >= 0.3 is 11.9 Å². The maximum atomic E-state index is 12.7. The van der Waals surface area contributed by atoms with E-state index in [1.165, 1.54) is 51.4 Å². The van der Waals surface area contributed by atoms with E-state index >= 15 is 0 Å². The van der Waals surface area contributed by atoms with Gasteiger partial charge in [0.05, 0.1) is 17.7 Å². The van der Waals surface area contributed by atoms with E-state index in [0.717, 1.165) is 38.5 Å². The number of esters is 2. The summed E-state index contributed by atoms with van der Waals surface area (Å²) in [6.07, 6.45) is 16.4. The van der Waals surface area contributed by atoms with E-state index in [1.807, 2.05) is 0 Å². The molecule has 0 amide bonds. The Morgan fingerprint density at radius 1 is 0.794 bits per heavy atom. The van der Waals surface area contributed by atoms with Gasteiger partial charge in [-0.15, -0.1) is 0 Å². The lowest BCUT2D eigenvalue weighted by Gasteiger charge is -2.36. The number of benzene rings is 1. The maximum absolute atomic E-state index is 12.7. The number of hydrogen-bond donors (Lipinski definition) is 0. The molecule has 0 heterocycles. The smallest absolute Gasteiger partial charge is 0.338 e. The zero-order valence-electron chi connectivity index (χ0n) is 22.2. The molecular weight excluding hydrogens is 424 g/mol. The quantitative estimate of drug-likeness (QED) is 0.201. The predicted molar refractivity (Wildman–Crippen MR) is 139 cm³/mol. The Labute approximate surface area is 208 Å². The topological polar surface area (TPSA) is 52.6 Å². The van der Waals surface area contributed by atoms with Gasteiger partial charge in [0.15, 0.2) is 0 Å². The molecule has 0 radical (unpaired) electrons. The molecule has 1 aliphatic carbocycles. The number of carbonyl (C=O) groups is 2. The molecule has 2 rings (SSSR count). The fourth-order valence-corrected chi connectivity index (χ4v) is 4.88. The molecule has 0 bridgehead atoms. The minimum absolute atomic E-state index is 0.0296. The average Bonchev–Trinajstić information content (AvgIpc) is 2.82. The van der Waals surface area contributed by atoms with Gasteiger partial charge in [0.2, 0.25) is 0 Å². The summed E-state index contributed by atoms with van der Waals surface area (Å²) in [5.74, 6) is -0.0316. The second kappa shape index (κ2) is 15.2. The largest absolute Gasteiger partial charge is 0.462 e. The summed E-state index contributed by atoms with van der Waals surface area (Å²) in [5, 5.41) is 0. The van der Waals surface area contributed by atoms with Crippen molar-refractivity contribution in [3.05, 3.63) is 35.4 Å². The van der Waals surface area contributed by atoms with Gasteiger partial charge in [-0.25, -0.2) is 9.59 Å². The van der Waals surface area contributed by atoms with Crippen LogP contribution >= 0.6 is 0 Å². The monoisotopic (exact) mass is 472 g/mol. The Bertz CT molecular complexity index is 726. The van der Waals surface area contributed by atoms with Crippen LogP contribution in [0.5, 0.6) is 0 Å². The Balaban J connectivity index is 1.64. The number of carbonyl (C=O) groups excluding carboxylic acids is 2.